The number of aromatic nitrogens is 3. The molecule has 2 rings (SSSR count). The molecule has 7 heteroatoms. The first-order chi connectivity index (χ1) is 8.57. The number of nitrogens with zero attached hydrogens (tertiary/aromatic N) is 5. The van der Waals surface area contributed by atoms with Crippen molar-refractivity contribution >= 4 is 23.5 Å². The standard InChI is InChI=1S/C11H15ClN6/c1-18(10-16-8(12)15-9(14)17-10)11(7-13)5-3-2-4-6-11/h2-6H2,1H3,(H2,14,15,16,17). The van der Waals surface area contributed by atoms with E-state index in [1.54, 1.807) is 11.9 Å². The van der Waals surface area contributed by atoms with Gasteiger partial charge in [0.15, 0.2) is 0 Å². The molecule has 1 fully saturated rings. The average molecular weight is 267 g/mol. The molecule has 2 N–H and O–H groups in total. The maximum atomic E-state index is 9.48. The molecule has 0 aromatic carbocycles. The molecule has 0 unspecified atom stereocenters. The van der Waals surface area contributed by atoms with Crippen molar-refractivity contribution in [2.24, 2.45) is 0 Å². The summed E-state index contributed by atoms with van der Waals surface area (Å²) in [6, 6.07) is 2.40. The van der Waals surface area contributed by atoms with Crippen LogP contribution in [-0.2, 0) is 0 Å². The Morgan fingerprint density at radius 2 is 1.94 bits per heavy atom. The third kappa shape index (κ3) is 2.31. The normalized spacial score (nSPS) is 18.1. The van der Waals surface area contributed by atoms with E-state index in [-0.39, 0.29) is 11.2 Å². The second kappa shape index (κ2) is 4.94. The third-order valence-corrected chi connectivity index (χ3v) is 3.61. The summed E-state index contributed by atoms with van der Waals surface area (Å²) in [4.78, 5) is 13.6. The Hall–Kier alpha value is -1.61. The van der Waals surface area contributed by atoms with Gasteiger partial charge in [-0.2, -0.15) is 20.2 Å². The zero-order valence-corrected chi connectivity index (χ0v) is 11.0. The zero-order valence-electron chi connectivity index (χ0n) is 10.2. The smallest absolute Gasteiger partial charge is 0.232 e. The molecule has 0 saturated heterocycles. The van der Waals surface area contributed by atoms with E-state index in [2.05, 4.69) is 21.0 Å². The second-order valence-electron chi connectivity index (χ2n) is 4.53. The van der Waals surface area contributed by atoms with Crippen LogP contribution < -0.4 is 10.6 Å². The maximum absolute atomic E-state index is 9.48. The van der Waals surface area contributed by atoms with Gasteiger partial charge in [-0.05, 0) is 24.4 Å². The maximum Gasteiger partial charge on any atom is 0.232 e. The number of hydrogen-bond donors (Lipinski definition) is 1. The number of hydrogen-bond acceptors (Lipinski definition) is 6. The highest BCUT2D eigenvalue weighted by Crippen LogP contribution is 2.34. The lowest BCUT2D eigenvalue weighted by atomic mass is 9.82. The molecule has 0 radical (unpaired) electrons. The monoisotopic (exact) mass is 266 g/mol. The van der Waals surface area contributed by atoms with Crippen molar-refractivity contribution in [2.75, 3.05) is 17.7 Å². The predicted molar refractivity (Wildman–Crippen MR) is 69.1 cm³/mol. The SMILES string of the molecule is CN(c1nc(N)nc(Cl)n1)C1(C#N)CCCCC1. The van der Waals surface area contributed by atoms with Gasteiger partial charge in [0.05, 0.1) is 6.07 Å². The van der Waals surface area contributed by atoms with Gasteiger partial charge in [-0.3, -0.25) is 0 Å². The Bertz CT molecular complexity index is 457. The fraction of sp³-hybridized carbons (Fsp3) is 0.636. The Kier molecular flexibility index (Phi) is 3.53. The molecule has 1 saturated carbocycles. The van der Waals surface area contributed by atoms with Crippen LogP contribution in [0, 0.1) is 11.3 Å². The molecular formula is C11H15ClN6. The van der Waals surface area contributed by atoms with E-state index in [4.69, 9.17) is 17.3 Å². The fourth-order valence-electron chi connectivity index (χ4n) is 2.35. The summed E-state index contributed by atoms with van der Waals surface area (Å²) in [5.74, 6) is 0.427. The lowest BCUT2D eigenvalue weighted by Crippen LogP contribution is -2.47. The van der Waals surface area contributed by atoms with Crippen LogP contribution in [0.2, 0.25) is 5.28 Å². The van der Waals surface area contributed by atoms with Gasteiger partial charge in [0.25, 0.3) is 0 Å². The second-order valence-corrected chi connectivity index (χ2v) is 4.86. The van der Waals surface area contributed by atoms with Crippen LogP contribution in [0.5, 0.6) is 0 Å². The van der Waals surface area contributed by atoms with E-state index in [0.29, 0.717) is 5.95 Å². The molecule has 18 heavy (non-hydrogen) atoms. The molecule has 96 valence electrons. The average Bonchev–Trinajstić information content (AvgIpc) is 2.37. The Balaban J connectivity index is 2.34. The number of rotatable bonds is 2. The van der Waals surface area contributed by atoms with E-state index in [1.807, 2.05) is 0 Å². The van der Waals surface area contributed by atoms with Crippen LogP contribution in [0.25, 0.3) is 0 Å². The third-order valence-electron chi connectivity index (χ3n) is 3.44. The summed E-state index contributed by atoms with van der Waals surface area (Å²) < 4.78 is 0. The van der Waals surface area contributed by atoms with Crippen LogP contribution >= 0.6 is 11.6 Å². The van der Waals surface area contributed by atoms with E-state index in [1.165, 1.54) is 0 Å². The van der Waals surface area contributed by atoms with Gasteiger partial charge in [0.2, 0.25) is 17.2 Å². The van der Waals surface area contributed by atoms with Crippen molar-refractivity contribution in [3.8, 4) is 6.07 Å². The van der Waals surface area contributed by atoms with Crippen molar-refractivity contribution in [1.82, 2.24) is 15.0 Å². The molecule has 0 amide bonds. The van der Waals surface area contributed by atoms with Crippen molar-refractivity contribution < 1.29 is 0 Å². The van der Waals surface area contributed by atoms with Crippen LogP contribution in [0.3, 0.4) is 0 Å². The van der Waals surface area contributed by atoms with E-state index in [9.17, 15) is 5.26 Å². The number of nitrogens with two attached hydrogens (primary N) is 1. The summed E-state index contributed by atoms with van der Waals surface area (Å²) in [5.41, 5.74) is 4.99. The van der Waals surface area contributed by atoms with E-state index < -0.39 is 5.54 Å². The number of anilines is 2. The van der Waals surface area contributed by atoms with Crippen molar-refractivity contribution in [3.05, 3.63) is 5.28 Å². The lowest BCUT2D eigenvalue weighted by molar-refractivity contribution is 0.350. The number of nitriles is 1. The van der Waals surface area contributed by atoms with Gasteiger partial charge >= 0.3 is 0 Å². The van der Waals surface area contributed by atoms with Gasteiger partial charge in [0.1, 0.15) is 5.54 Å². The molecule has 0 atom stereocenters. The summed E-state index contributed by atoms with van der Waals surface area (Å²) >= 11 is 5.77. The molecule has 0 spiro atoms. The topological polar surface area (TPSA) is 91.7 Å². The predicted octanol–water partition coefficient (Wildman–Crippen LogP) is 1.77. The highest BCUT2D eigenvalue weighted by molar-refractivity contribution is 6.28. The summed E-state index contributed by atoms with van der Waals surface area (Å²) in [7, 11) is 1.81. The Labute approximate surface area is 111 Å². The molecule has 1 aromatic heterocycles. The molecule has 1 heterocycles. The molecule has 6 nitrogen and oxygen atoms in total. The van der Waals surface area contributed by atoms with Gasteiger partial charge in [0, 0.05) is 7.05 Å². The van der Waals surface area contributed by atoms with E-state index >= 15 is 0 Å². The minimum Gasteiger partial charge on any atom is -0.368 e. The molecule has 0 aliphatic heterocycles. The van der Waals surface area contributed by atoms with Crippen LogP contribution in [-0.4, -0.2) is 27.5 Å². The highest BCUT2D eigenvalue weighted by atomic mass is 35.5. The lowest BCUT2D eigenvalue weighted by Gasteiger charge is -2.38. The van der Waals surface area contributed by atoms with Crippen molar-refractivity contribution in [1.29, 1.82) is 5.26 Å². The van der Waals surface area contributed by atoms with E-state index in [0.717, 1.165) is 32.1 Å². The summed E-state index contributed by atoms with van der Waals surface area (Å²) in [6.45, 7) is 0. The van der Waals surface area contributed by atoms with Gasteiger partial charge in [-0.15, -0.1) is 0 Å². The first-order valence-electron chi connectivity index (χ1n) is 5.89. The van der Waals surface area contributed by atoms with Crippen molar-refractivity contribution in [3.63, 3.8) is 0 Å². The van der Waals surface area contributed by atoms with Crippen LogP contribution in [0.1, 0.15) is 32.1 Å². The Morgan fingerprint density at radius 3 is 2.50 bits per heavy atom. The first-order valence-corrected chi connectivity index (χ1v) is 6.27. The zero-order chi connectivity index (χ0) is 13.2. The molecular weight excluding hydrogens is 252 g/mol. The summed E-state index contributed by atoms with van der Waals surface area (Å²) in [6.07, 6.45) is 4.85. The summed E-state index contributed by atoms with van der Waals surface area (Å²) in [5, 5.41) is 9.53. The number of halogens is 1. The molecule has 1 aliphatic carbocycles. The van der Waals surface area contributed by atoms with Gasteiger partial charge < -0.3 is 10.6 Å². The van der Waals surface area contributed by atoms with Crippen LogP contribution in [0.4, 0.5) is 11.9 Å². The minimum absolute atomic E-state index is 0.0493. The van der Waals surface area contributed by atoms with Crippen molar-refractivity contribution in [2.45, 2.75) is 37.6 Å². The van der Waals surface area contributed by atoms with Gasteiger partial charge in [-0.25, -0.2) is 0 Å². The number of nitrogen functional groups attached to an aromatic ring is 1. The molecule has 1 aliphatic rings. The Morgan fingerprint density at radius 1 is 1.28 bits per heavy atom. The molecule has 0 bridgehead atoms. The highest BCUT2D eigenvalue weighted by Gasteiger charge is 2.37. The minimum atomic E-state index is -0.560. The van der Waals surface area contributed by atoms with Crippen LogP contribution in [0.15, 0.2) is 0 Å². The quantitative estimate of drug-likeness (QED) is 0.877. The van der Waals surface area contributed by atoms with Gasteiger partial charge in [-0.1, -0.05) is 19.3 Å². The molecule has 1 aromatic rings. The first kappa shape index (κ1) is 12.8. The largest absolute Gasteiger partial charge is 0.368 e. The fourth-order valence-corrected chi connectivity index (χ4v) is 2.52.